The van der Waals surface area contributed by atoms with E-state index < -0.39 is 0 Å². The molecule has 4 heteroatoms. The van der Waals surface area contributed by atoms with Crippen LogP contribution in [0.15, 0.2) is 0 Å². The van der Waals surface area contributed by atoms with Crippen LogP contribution in [0, 0.1) is 5.92 Å². The molecule has 0 aromatic carbocycles. The summed E-state index contributed by atoms with van der Waals surface area (Å²) in [7, 11) is 1.65. The van der Waals surface area contributed by atoms with Gasteiger partial charge in [0.15, 0.2) is 0 Å². The highest BCUT2D eigenvalue weighted by molar-refractivity contribution is 5.72. The second-order valence-electron chi connectivity index (χ2n) is 3.56. The van der Waals surface area contributed by atoms with E-state index in [1.54, 1.807) is 7.11 Å². The first kappa shape index (κ1) is 11.5. The fourth-order valence-corrected chi connectivity index (χ4v) is 1.55. The van der Waals surface area contributed by atoms with E-state index in [2.05, 4.69) is 5.32 Å². The fraction of sp³-hybridized carbons (Fsp3) is 0.900. The van der Waals surface area contributed by atoms with Crippen LogP contribution in [0.25, 0.3) is 0 Å². The summed E-state index contributed by atoms with van der Waals surface area (Å²) in [5.41, 5.74) is 0. The van der Waals surface area contributed by atoms with Crippen molar-refractivity contribution in [3.05, 3.63) is 0 Å². The topological polar surface area (TPSA) is 47.6 Å². The van der Waals surface area contributed by atoms with E-state index in [0.29, 0.717) is 13.2 Å². The fourth-order valence-electron chi connectivity index (χ4n) is 1.55. The zero-order valence-corrected chi connectivity index (χ0v) is 8.75. The van der Waals surface area contributed by atoms with E-state index in [0.717, 1.165) is 32.4 Å². The highest BCUT2D eigenvalue weighted by Gasteiger charge is 2.21. The molecule has 1 aliphatic heterocycles. The molecule has 1 saturated heterocycles. The van der Waals surface area contributed by atoms with Gasteiger partial charge in [0.05, 0.1) is 12.5 Å². The van der Waals surface area contributed by atoms with Gasteiger partial charge in [0.1, 0.15) is 0 Å². The molecular weight excluding hydrogens is 182 g/mol. The van der Waals surface area contributed by atoms with Crippen molar-refractivity contribution in [2.45, 2.75) is 19.3 Å². The van der Waals surface area contributed by atoms with Crippen LogP contribution in [0.2, 0.25) is 0 Å². The summed E-state index contributed by atoms with van der Waals surface area (Å²) in [6.45, 7) is 2.91. The molecular formula is C10H19NO3. The number of esters is 1. The van der Waals surface area contributed by atoms with Crippen molar-refractivity contribution < 1.29 is 14.3 Å². The number of carbonyl (C=O) groups is 1. The van der Waals surface area contributed by atoms with Crippen molar-refractivity contribution in [3.63, 3.8) is 0 Å². The van der Waals surface area contributed by atoms with E-state index in [4.69, 9.17) is 9.47 Å². The molecule has 0 spiro atoms. The summed E-state index contributed by atoms with van der Waals surface area (Å²) in [6, 6.07) is 0. The number of nitrogens with one attached hydrogen (secondary N) is 1. The first-order valence-electron chi connectivity index (χ1n) is 5.21. The Hall–Kier alpha value is -0.610. The molecule has 4 nitrogen and oxygen atoms in total. The molecule has 0 aromatic rings. The Morgan fingerprint density at radius 1 is 1.50 bits per heavy atom. The van der Waals surface area contributed by atoms with E-state index in [-0.39, 0.29) is 11.9 Å². The molecule has 1 unspecified atom stereocenters. The lowest BCUT2D eigenvalue weighted by Crippen LogP contribution is -2.35. The predicted molar refractivity (Wildman–Crippen MR) is 53.0 cm³/mol. The van der Waals surface area contributed by atoms with Crippen LogP contribution in [0.3, 0.4) is 0 Å². The maximum atomic E-state index is 11.5. The lowest BCUT2D eigenvalue weighted by Gasteiger charge is -2.20. The van der Waals surface area contributed by atoms with Crippen LogP contribution in [0.1, 0.15) is 19.3 Å². The Kier molecular flexibility index (Phi) is 5.56. The van der Waals surface area contributed by atoms with Gasteiger partial charge in [-0.05, 0) is 19.4 Å². The van der Waals surface area contributed by atoms with Gasteiger partial charge in [0, 0.05) is 26.7 Å². The lowest BCUT2D eigenvalue weighted by molar-refractivity contribution is -0.149. The van der Waals surface area contributed by atoms with Crippen LogP contribution in [0.5, 0.6) is 0 Å². The van der Waals surface area contributed by atoms with Gasteiger partial charge in [0.25, 0.3) is 0 Å². The maximum Gasteiger partial charge on any atom is 0.310 e. The molecule has 0 aromatic heterocycles. The summed E-state index contributed by atoms with van der Waals surface area (Å²) in [6.07, 6.45) is 2.80. The number of piperidine rings is 1. The molecule has 14 heavy (non-hydrogen) atoms. The van der Waals surface area contributed by atoms with Crippen LogP contribution in [-0.4, -0.2) is 39.4 Å². The number of hydrogen-bond acceptors (Lipinski definition) is 4. The molecule has 0 bridgehead atoms. The minimum atomic E-state index is -0.0618. The summed E-state index contributed by atoms with van der Waals surface area (Å²) in [5.74, 6) is -0.000372. The molecule has 1 N–H and O–H groups in total. The van der Waals surface area contributed by atoms with Crippen LogP contribution in [-0.2, 0) is 14.3 Å². The number of hydrogen-bond donors (Lipinski definition) is 1. The standard InChI is InChI=1S/C10H19NO3/c1-13-6-3-7-14-10(12)9-4-2-5-11-8-9/h9,11H,2-8H2,1H3. The third-order valence-corrected chi connectivity index (χ3v) is 2.37. The Morgan fingerprint density at radius 2 is 2.36 bits per heavy atom. The lowest BCUT2D eigenvalue weighted by atomic mass is 10.0. The van der Waals surface area contributed by atoms with Crippen molar-refractivity contribution in [1.82, 2.24) is 5.32 Å². The van der Waals surface area contributed by atoms with E-state index >= 15 is 0 Å². The van der Waals surface area contributed by atoms with Crippen molar-refractivity contribution in [2.24, 2.45) is 5.92 Å². The minimum absolute atomic E-state index is 0.0614. The Labute approximate surface area is 85.0 Å². The second-order valence-corrected chi connectivity index (χ2v) is 3.56. The molecule has 0 amide bonds. The molecule has 1 rings (SSSR count). The number of methoxy groups -OCH3 is 1. The first-order chi connectivity index (χ1) is 6.84. The van der Waals surface area contributed by atoms with E-state index in [1.165, 1.54) is 0 Å². The van der Waals surface area contributed by atoms with Crippen LogP contribution < -0.4 is 5.32 Å². The molecule has 82 valence electrons. The monoisotopic (exact) mass is 201 g/mol. The Bertz CT molecular complexity index is 167. The summed E-state index contributed by atoms with van der Waals surface area (Å²) < 4.78 is 9.99. The summed E-state index contributed by atoms with van der Waals surface area (Å²) >= 11 is 0. The molecule has 1 heterocycles. The van der Waals surface area contributed by atoms with Crippen molar-refractivity contribution in [3.8, 4) is 0 Å². The number of ether oxygens (including phenoxy) is 2. The Morgan fingerprint density at radius 3 is 3.00 bits per heavy atom. The second kappa shape index (κ2) is 6.79. The van der Waals surface area contributed by atoms with Crippen molar-refractivity contribution in [1.29, 1.82) is 0 Å². The molecule has 1 atom stereocenters. The van der Waals surface area contributed by atoms with Gasteiger partial charge in [0.2, 0.25) is 0 Å². The normalized spacial score (nSPS) is 21.9. The zero-order valence-electron chi connectivity index (χ0n) is 8.75. The van der Waals surface area contributed by atoms with Crippen LogP contribution >= 0.6 is 0 Å². The molecule has 1 fully saturated rings. The van der Waals surface area contributed by atoms with Gasteiger partial charge in [-0.2, -0.15) is 0 Å². The van der Waals surface area contributed by atoms with Crippen molar-refractivity contribution >= 4 is 5.97 Å². The largest absolute Gasteiger partial charge is 0.465 e. The molecule has 0 aliphatic carbocycles. The van der Waals surface area contributed by atoms with Gasteiger partial charge >= 0.3 is 5.97 Å². The van der Waals surface area contributed by atoms with Gasteiger partial charge in [-0.15, -0.1) is 0 Å². The third-order valence-electron chi connectivity index (χ3n) is 2.37. The number of rotatable bonds is 5. The van der Waals surface area contributed by atoms with Gasteiger partial charge < -0.3 is 14.8 Å². The number of carbonyl (C=O) groups excluding carboxylic acids is 1. The van der Waals surface area contributed by atoms with Crippen LogP contribution in [0.4, 0.5) is 0 Å². The smallest absolute Gasteiger partial charge is 0.310 e. The third kappa shape index (κ3) is 4.07. The summed E-state index contributed by atoms with van der Waals surface area (Å²) in [4.78, 5) is 11.5. The van der Waals surface area contributed by atoms with Gasteiger partial charge in [-0.3, -0.25) is 4.79 Å². The SMILES string of the molecule is COCCCOC(=O)C1CCCNC1. The maximum absolute atomic E-state index is 11.5. The zero-order chi connectivity index (χ0) is 10.2. The highest BCUT2D eigenvalue weighted by Crippen LogP contribution is 2.11. The van der Waals surface area contributed by atoms with E-state index in [9.17, 15) is 4.79 Å². The molecule has 1 aliphatic rings. The predicted octanol–water partition coefficient (Wildman–Crippen LogP) is 0.566. The van der Waals surface area contributed by atoms with E-state index in [1.807, 2.05) is 0 Å². The molecule has 0 saturated carbocycles. The quantitative estimate of drug-likeness (QED) is 0.521. The minimum Gasteiger partial charge on any atom is -0.465 e. The first-order valence-corrected chi connectivity index (χ1v) is 5.21. The van der Waals surface area contributed by atoms with Gasteiger partial charge in [-0.25, -0.2) is 0 Å². The molecule has 0 radical (unpaired) electrons. The summed E-state index contributed by atoms with van der Waals surface area (Å²) in [5, 5.41) is 3.19. The average molecular weight is 201 g/mol. The van der Waals surface area contributed by atoms with Gasteiger partial charge in [-0.1, -0.05) is 0 Å². The average Bonchev–Trinajstić information content (AvgIpc) is 2.25. The van der Waals surface area contributed by atoms with Crippen molar-refractivity contribution in [2.75, 3.05) is 33.4 Å². The highest BCUT2D eigenvalue weighted by atomic mass is 16.5. The Balaban J connectivity index is 2.07.